The Labute approximate surface area is 389 Å². The van der Waals surface area contributed by atoms with Crippen LogP contribution in [0.15, 0.2) is 30.5 Å². The maximum absolute atomic E-state index is 13.0. The molecule has 0 spiro atoms. The summed E-state index contributed by atoms with van der Waals surface area (Å²) in [5.74, 6) is -13.9. The third kappa shape index (κ3) is 18.2. The molecular weight excluding hydrogens is 921 g/mol. The summed E-state index contributed by atoms with van der Waals surface area (Å²) < 4.78 is 0. The number of anilines is 3. The first-order valence-corrected chi connectivity index (χ1v) is 20.6. The Bertz CT molecular complexity index is 2440. The summed E-state index contributed by atoms with van der Waals surface area (Å²) in [6, 6.07) is -2.25. The lowest BCUT2D eigenvalue weighted by Gasteiger charge is -2.20. The summed E-state index contributed by atoms with van der Waals surface area (Å²) in [4.78, 5) is 151. The molecule has 29 heteroatoms. The molecule has 0 bridgehead atoms. The maximum Gasteiger partial charge on any atom is 0.326 e. The van der Waals surface area contributed by atoms with Crippen LogP contribution in [0.4, 0.5) is 17.5 Å². The first kappa shape index (κ1) is 54.5. The van der Waals surface area contributed by atoms with Gasteiger partial charge in [0.05, 0.1) is 18.4 Å². The predicted molar refractivity (Wildman–Crippen MR) is 233 cm³/mol. The molecule has 1 aromatic carbocycles. The minimum Gasteiger partial charge on any atom is -0.481 e. The molecule has 372 valence electrons. The van der Waals surface area contributed by atoms with Gasteiger partial charge in [0.25, 0.3) is 5.91 Å². The minimum absolute atomic E-state index is 0.0522. The quantitative estimate of drug-likeness (QED) is 0.0347. The van der Waals surface area contributed by atoms with E-state index in [4.69, 9.17) is 16.6 Å². The second kappa shape index (κ2) is 25.8. The van der Waals surface area contributed by atoms with Crippen LogP contribution in [0.5, 0.6) is 0 Å². The monoisotopic (exact) mass is 970 g/mol. The number of benzene rings is 1. The number of aliphatic carboxylic acids is 6. The number of amides is 5. The van der Waals surface area contributed by atoms with E-state index < -0.39 is 160 Å². The summed E-state index contributed by atoms with van der Waals surface area (Å²) in [5.41, 5.74) is 13.2. The Hall–Kier alpha value is -8.79. The SMILES string of the molecule is CN(Cc1cnc2nc(N)nc(N)c2n1)c1ccc(C(=O)N[C@@H](CCC(=O)N[C@@H](CCC(=O)N[C@@H](CCC(=O)N[C@@H](CCC(=O)N[C@@H](CCC(=O)O)C(=O)O)C(=O)O)C(=O)O)C(=O)O)C(=O)O)cc1. The predicted octanol–water partition coefficient (Wildman–Crippen LogP) is -2.33. The Morgan fingerprint density at radius 2 is 0.913 bits per heavy atom. The number of fused-ring (bicyclic) bond motifs is 1. The van der Waals surface area contributed by atoms with Crippen LogP contribution in [0.2, 0.25) is 0 Å². The number of carboxylic acids is 6. The molecule has 3 rings (SSSR count). The minimum atomic E-state index is -1.73. The van der Waals surface area contributed by atoms with Crippen LogP contribution in [0.3, 0.4) is 0 Å². The lowest BCUT2D eigenvalue weighted by atomic mass is 10.1. The molecule has 0 aliphatic rings. The Balaban J connectivity index is 1.46. The standard InChI is InChI=1S/C40H50N12O17/c1-52(17-19-16-43-33-31(44-19)32(41)50-40(42)51-33)20-4-2-18(3-5-20)34(59)49-25(39(68)69)9-14-29(56)47-23(37(64)65)7-12-27(54)45-21(35(60)61)6-11-26(53)46-22(36(62)63)8-13-28(55)48-24(38(66)67)10-15-30(57)58/h2-5,16,21-25H,6-15,17H2,1H3,(H,45,54)(H,46,53)(H,47,56)(H,48,55)(H,49,59)(H,57,58)(H,60,61)(H,62,63)(H,64,65)(H,66,67)(H,68,69)(H4,41,42,43,50,51)/t21-,22-,23-,24-,25-/m0/s1. The van der Waals surface area contributed by atoms with Crippen molar-refractivity contribution in [2.45, 2.75) is 101 Å². The number of carbonyl (C=O) groups is 11. The van der Waals surface area contributed by atoms with Crippen LogP contribution in [-0.4, -0.2) is 153 Å². The highest BCUT2D eigenvalue weighted by Crippen LogP contribution is 2.19. The molecule has 15 N–H and O–H groups in total. The van der Waals surface area contributed by atoms with Gasteiger partial charge in [-0.15, -0.1) is 0 Å². The van der Waals surface area contributed by atoms with Crippen LogP contribution in [0.1, 0.15) is 80.3 Å². The van der Waals surface area contributed by atoms with Gasteiger partial charge in [-0.2, -0.15) is 9.97 Å². The van der Waals surface area contributed by atoms with Gasteiger partial charge >= 0.3 is 35.8 Å². The molecule has 0 aliphatic heterocycles. The highest BCUT2D eigenvalue weighted by molar-refractivity contribution is 5.97. The number of nitrogens with one attached hydrogen (secondary N) is 5. The zero-order valence-corrected chi connectivity index (χ0v) is 36.6. The summed E-state index contributed by atoms with van der Waals surface area (Å²) in [7, 11) is 1.74. The van der Waals surface area contributed by atoms with Crippen molar-refractivity contribution >= 4 is 94.0 Å². The molecule has 0 unspecified atom stereocenters. The fourth-order valence-corrected chi connectivity index (χ4v) is 6.22. The summed E-state index contributed by atoms with van der Waals surface area (Å²) in [6.45, 7) is 0.252. The van der Waals surface area contributed by atoms with Crippen molar-refractivity contribution in [1.82, 2.24) is 46.5 Å². The number of nitrogens with two attached hydrogens (primary N) is 2. The molecule has 0 aliphatic carbocycles. The molecule has 69 heavy (non-hydrogen) atoms. The molecule has 3 aromatic rings. The smallest absolute Gasteiger partial charge is 0.326 e. The number of hydrogen-bond donors (Lipinski definition) is 13. The average Bonchev–Trinajstić information content (AvgIpc) is 3.27. The van der Waals surface area contributed by atoms with Gasteiger partial charge in [0.15, 0.2) is 17.0 Å². The van der Waals surface area contributed by atoms with Gasteiger partial charge in [-0.05, 0) is 56.4 Å². The van der Waals surface area contributed by atoms with E-state index in [1.54, 1.807) is 24.1 Å². The fraction of sp³-hybridized carbons (Fsp3) is 0.425. The normalized spacial score (nSPS) is 13.0. The molecule has 5 amide bonds. The molecule has 0 radical (unpaired) electrons. The van der Waals surface area contributed by atoms with Crippen LogP contribution in [0, 0.1) is 0 Å². The van der Waals surface area contributed by atoms with Gasteiger partial charge in [-0.1, -0.05) is 0 Å². The molecule has 2 aromatic heterocycles. The lowest BCUT2D eigenvalue weighted by Crippen LogP contribution is -2.46. The van der Waals surface area contributed by atoms with Crippen LogP contribution in [0.25, 0.3) is 11.2 Å². The number of nitrogens with zero attached hydrogens (tertiary/aromatic N) is 5. The summed E-state index contributed by atoms with van der Waals surface area (Å²) in [6.07, 6.45) is -4.22. The number of carbonyl (C=O) groups excluding carboxylic acids is 5. The highest BCUT2D eigenvalue weighted by atomic mass is 16.4. The number of hydrogen-bond acceptors (Lipinski definition) is 18. The molecule has 0 saturated carbocycles. The largest absolute Gasteiger partial charge is 0.481 e. The molecule has 2 heterocycles. The lowest BCUT2D eigenvalue weighted by molar-refractivity contribution is -0.144. The second-order valence-corrected chi connectivity index (χ2v) is 15.2. The number of nitrogen functional groups attached to an aromatic ring is 2. The molecule has 0 fully saturated rings. The average molecular weight is 971 g/mol. The van der Waals surface area contributed by atoms with E-state index in [2.05, 4.69) is 46.5 Å². The van der Waals surface area contributed by atoms with Crippen molar-refractivity contribution in [3.63, 3.8) is 0 Å². The molecular formula is C40H50N12O17. The van der Waals surface area contributed by atoms with Crippen molar-refractivity contribution in [3.05, 3.63) is 41.7 Å². The van der Waals surface area contributed by atoms with Crippen molar-refractivity contribution < 1.29 is 83.4 Å². The number of aromatic nitrogens is 4. The Morgan fingerprint density at radius 3 is 1.29 bits per heavy atom. The van der Waals surface area contributed by atoms with Gasteiger partial charge in [0, 0.05) is 50.4 Å². The van der Waals surface area contributed by atoms with E-state index in [0.29, 0.717) is 11.4 Å². The van der Waals surface area contributed by atoms with Crippen molar-refractivity contribution in [2.75, 3.05) is 23.4 Å². The van der Waals surface area contributed by atoms with Gasteiger partial charge < -0.3 is 73.6 Å². The zero-order valence-electron chi connectivity index (χ0n) is 36.6. The van der Waals surface area contributed by atoms with Crippen molar-refractivity contribution in [2.24, 2.45) is 0 Å². The number of rotatable bonds is 29. The van der Waals surface area contributed by atoms with Crippen molar-refractivity contribution in [3.8, 4) is 0 Å². The van der Waals surface area contributed by atoms with Gasteiger partial charge in [0.2, 0.25) is 29.6 Å². The summed E-state index contributed by atoms with van der Waals surface area (Å²) in [5, 5.41) is 67.1. The van der Waals surface area contributed by atoms with Gasteiger partial charge in [-0.25, -0.2) is 33.9 Å². The van der Waals surface area contributed by atoms with Crippen LogP contribution in [-0.2, 0) is 54.5 Å². The van der Waals surface area contributed by atoms with Crippen molar-refractivity contribution in [1.29, 1.82) is 0 Å². The third-order valence-corrected chi connectivity index (χ3v) is 9.89. The Kier molecular flexibility index (Phi) is 20.4. The third-order valence-electron chi connectivity index (χ3n) is 9.89. The summed E-state index contributed by atoms with van der Waals surface area (Å²) >= 11 is 0. The number of carboxylic acid groups (broad SMARTS) is 6. The molecule has 5 atom stereocenters. The van der Waals surface area contributed by atoms with Crippen LogP contribution >= 0.6 is 0 Å². The van der Waals surface area contributed by atoms with E-state index in [9.17, 15) is 78.3 Å². The first-order chi connectivity index (χ1) is 32.4. The zero-order chi connectivity index (χ0) is 51.5. The van der Waals surface area contributed by atoms with E-state index in [1.165, 1.54) is 18.3 Å². The topological polar surface area (TPSA) is 476 Å². The van der Waals surface area contributed by atoms with E-state index >= 15 is 0 Å². The van der Waals surface area contributed by atoms with E-state index in [-0.39, 0.29) is 35.0 Å². The van der Waals surface area contributed by atoms with Gasteiger partial charge in [0.1, 0.15) is 30.2 Å². The molecule has 0 saturated heterocycles. The van der Waals surface area contributed by atoms with E-state index in [0.717, 1.165) is 0 Å². The second-order valence-electron chi connectivity index (χ2n) is 15.2. The fourth-order valence-electron chi connectivity index (χ4n) is 6.22. The Morgan fingerprint density at radius 1 is 0.536 bits per heavy atom. The van der Waals surface area contributed by atoms with Crippen LogP contribution < -0.4 is 43.0 Å². The molecule has 29 nitrogen and oxygen atoms in total. The van der Waals surface area contributed by atoms with E-state index in [1.807, 2.05) is 0 Å². The maximum atomic E-state index is 13.0. The highest BCUT2D eigenvalue weighted by Gasteiger charge is 2.28. The first-order valence-electron chi connectivity index (χ1n) is 20.6. The van der Waals surface area contributed by atoms with Gasteiger partial charge in [-0.3, -0.25) is 28.8 Å².